The molecule has 7 nitrogen and oxygen atoms in total. The minimum Gasteiger partial charge on any atom is -0.356 e. The van der Waals surface area contributed by atoms with E-state index in [-0.39, 0.29) is 41.6 Å². The molecule has 0 bridgehead atoms. The van der Waals surface area contributed by atoms with Gasteiger partial charge >= 0.3 is 0 Å². The van der Waals surface area contributed by atoms with Crippen molar-refractivity contribution in [2.75, 3.05) is 25.0 Å². The second-order valence-electron chi connectivity index (χ2n) is 7.78. The van der Waals surface area contributed by atoms with E-state index in [1.165, 1.54) is 22.3 Å². The zero-order chi connectivity index (χ0) is 23.7. The zero-order valence-electron chi connectivity index (χ0n) is 18.4. The first-order valence-corrected chi connectivity index (χ1v) is 12.1. The number of aromatic nitrogens is 1. The van der Waals surface area contributed by atoms with Gasteiger partial charge in [-0.25, -0.2) is 4.98 Å². The lowest BCUT2D eigenvalue weighted by Crippen LogP contribution is -2.40. The third kappa shape index (κ3) is 8.41. The average Bonchev–Trinajstić information content (AvgIpc) is 3.15. The third-order valence-electron chi connectivity index (χ3n) is 4.37. The van der Waals surface area contributed by atoms with Crippen molar-refractivity contribution in [2.45, 2.75) is 40.0 Å². The molecular weight excluding hydrogens is 471 g/mol. The number of anilines is 1. The molecule has 32 heavy (non-hydrogen) atoms. The molecule has 1 aromatic heterocycles. The number of hydrogen-bond donors (Lipinski definition) is 2. The maximum Gasteiger partial charge on any atom is 0.254 e. The van der Waals surface area contributed by atoms with Gasteiger partial charge in [0.05, 0.1) is 22.2 Å². The summed E-state index contributed by atoms with van der Waals surface area (Å²) in [7, 11) is 0. The Morgan fingerprint density at radius 2 is 1.91 bits per heavy atom. The molecule has 0 spiro atoms. The molecule has 0 aliphatic rings. The van der Waals surface area contributed by atoms with Gasteiger partial charge in [-0.1, -0.05) is 50.4 Å². The minimum absolute atomic E-state index is 0.100. The van der Waals surface area contributed by atoms with Crippen LogP contribution in [-0.4, -0.2) is 47.2 Å². The quantitative estimate of drug-likeness (QED) is 0.441. The van der Waals surface area contributed by atoms with Crippen LogP contribution in [0, 0.1) is 5.92 Å². The molecule has 2 aromatic rings. The summed E-state index contributed by atoms with van der Waals surface area (Å²) in [6.07, 6.45) is 2.10. The number of rotatable bonds is 11. The number of carbonyl (C=O) groups is 3. The van der Waals surface area contributed by atoms with Crippen LogP contribution in [0.3, 0.4) is 0 Å². The Morgan fingerprint density at radius 3 is 2.56 bits per heavy atom. The van der Waals surface area contributed by atoms with Crippen LogP contribution in [0.2, 0.25) is 10.0 Å². The first kappa shape index (κ1) is 26.1. The van der Waals surface area contributed by atoms with E-state index in [2.05, 4.69) is 22.5 Å². The molecule has 0 atom stereocenters. The van der Waals surface area contributed by atoms with Gasteiger partial charge in [-0.2, -0.15) is 0 Å². The summed E-state index contributed by atoms with van der Waals surface area (Å²) in [5.41, 5.74) is 0.948. The Labute approximate surface area is 202 Å². The van der Waals surface area contributed by atoms with Gasteiger partial charge in [-0.05, 0) is 30.5 Å². The molecule has 1 heterocycles. The smallest absolute Gasteiger partial charge is 0.254 e. The van der Waals surface area contributed by atoms with Gasteiger partial charge in [0.2, 0.25) is 11.8 Å². The summed E-state index contributed by atoms with van der Waals surface area (Å²) >= 11 is 13.2. The normalized spacial score (nSPS) is 10.8. The van der Waals surface area contributed by atoms with Crippen LogP contribution in [0.15, 0.2) is 23.6 Å². The highest BCUT2D eigenvalue weighted by atomic mass is 35.5. The highest BCUT2D eigenvalue weighted by Crippen LogP contribution is 2.23. The Bertz CT molecular complexity index is 949. The predicted molar refractivity (Wildman–Crippen MR) is 130 cm³/mol. The van der Waals surface area contributed by atoms with Gasteiger partial charge in [0.15, 0.2) is 5.13 Å². The molecule has 3 amide bonds. The number of nitrogens with zero attached hydrogens (tertiary/aromatic N) is 2. The number of unbranched alkanes of at least 4 members (excludes halogenated alkanes) is 1. The van der Waals surface area contributed by atoms with E-state index in [1.54, 1.807) is 17.5 Å². The molecule has 2 rings (SSSR count). The molecule has 0 aliphatic carbocycles. The summed E-state index contributed by atoms with van der Waals surface area (Å²) in [6.45, 7) is 6.89. The summed E-state index contributed by atoms with van der Waals surface area (Å²) in [5.74, 6) is -0.618. The molecular formula is C22H28Cl2N4O3S. The second-order valence-corrected chi connectivity index (χ2v) is 9.45. The van der Waals surface area contributed by atoms with Gasteiger partial charge in [0.25, 0.3) is 5.91 Å². The maximum atomic E-state index is 13.0. The standard InChI is InChI=1S/C22H28Cl2N4O3S/c1-4-5-8-25-19(29)10-16-13-32-22(26-16)27-20(30)12-28(11-14(2)3)21(31)15-6-7-17(23)18(24)9-15/h6-7,9,13-14H,4-5,8,10-12H2,1-3H3,(H,25,29)(H,26,27,30). The van der Waals surface area contributed by atoms with Gasteiger partial charge in [0, 0.05) is 24.0 Å². The summed E-state index contributed by atoms with van der Waals surface area (Å²) < 4.78 is 0. The van der Waals surface area contributed by atoms with E-state index in [4.69, 9.17) is 23.2 Å². The van der Waals surface area contributed by atoms with Crippen molar-refractivity contribution in [1.82, 2.24) is 15.2 Å². The summed E-state index contributed by atoms with van der Waals surface area (Å²) in [5, 5.41) is 8.31. The van der Waals surface area contributed by atoms with Gasteiger partial charge in [-0.15, -0.1) is 11.3 Å². The van der Waals surface area contributed by atoms with Gasteiger partial charge < -0.3 is 15.5 Å². The highest BCUT2D eigenvalue weighted by molar-refractivity contribution is 7.13. The highest BCUT2D eigenvalue weighted by Gasteiger charge is 2.21. The largest absolute Gasteiger partial charge is 0.356 e. The van der Waals surface area contributed by atoms with E-state index >= 15 is 0 Å². The fourth-order valence-corrected chi connectivity index (χ4v) is 3.91. The third-order valence-corrected chi connectivity index (χ3v) is 5.91. The van der Waals surface area contributed by atoms with Crippen molar-refractivity contribution in [3.8, 4) is 0 Å². The molecule has 0 aliphatic heterocycles. The van der Waals surface area contributed by atoms with E-state index < -0.39 is 0 Å². The lowest BCUT2D eigenvalue weighted by Gasteiger charge is -2.24. The van der Waals surface area contributed by atoms with Crippen molar-refractivity contribution in [3.05, 3.63) is 44.9 Å². The molecule has 0 saturated heterocycles. The lowest BCUT2D eigenvalue weighted by molar-refractivity contribution is -0.120. The van der Waals surface area contributed by atoms with Crippen LogP contribution in [0.5, 0.6) is 0 Å². The number of thiazole rings is 1. The number of nitrogens with one attached hydrogen (secondary N) is 2. The van der Waals surface area contributed by atoms with Crippen LogP contribution in [-0.2, 0) is 16.0 Å². The van der Waals surface area contributed by atoms with Crippen molar-refractivity contribution in [3.63, 3.8) is 0 Å². The number of amides is 3. The van der Waals surface area contributed by atoms with E-state index in [9.17, 15) is 14.4 Å². The van der Waals surface area contributed by atoms with Gasteiger partial charge in [-0.3, -0.25) is 14.4 Å². The van der Waals surface area contributed by atoms with E-state index in [1.807, 2.05) is 13.8 Å². The molecule has 1 aromatic carbocycles. The summed E-state index contributed by atoms with van der Waals surface area (Å²) in [6, 6.07) is 4.64. The molecule has 0 fully saturated rings. The van der Waals surface area contributed by atoms with Crippen LogP contribution < -0.4 is 10.6 Å². The first-order valence-electron chi connectivity index (χ1n) is 10.4. The average molecular weight is 499 g/mol. The number of hydrogen-bond acceptors (Lipinski definition) is 5. The van der Waals surface area contributed by atoms with Crippen molar-refractivity contribution < 1.29 is 14.4 Å². The SMILES string of the molecule is CCCCNC(=O)Cc1csc(NC(=O)CN(CC(C)C)C(=O)c2ccc(Cl)c(Cl)c2)n1. The van der Waals surface area contributed by atoms with Crippen LogP contribution in [0.25, 0.3) is 0 Å². The van der Waals surface area contributed by atoms with Crippen LogP contribution in [0.4, 0.5) is 5.13 Å². The fraction of sp³-hybridized carbons (Fsp3) is 0.455. The van der Waals surface area contributed by atoms with Crippen molar-refractivity contribution in [2.24, 2.45) is 5.92 Å². The molecule has 0 radical (unpaired) electrons. The molecule has 0 unspecified atom stereocenters. The first-order chi connectivity index (χ1) is 15.2. The number of carbonyl (C=O) groups excluding carboxylic acids is 3. The summed E-state index contributed by atoms with van der Waals surface area (Å²) in [4.78, 5) is 43.2. The molecule has 10 heteroatoms. The minimum atomic E-state index is -0.368. The molecule has 174 valence electrons. The van der Waals surface area contributed by atoms with Gasteiger partial charge in [0.1, 0.15) is 6.54 Å². The molecule has 2 N–H and O–H groups in total. The maximum absolute atomic E-state index is 13.0. The Kier molecular flexibility index (Phi) is 10.4. The zero-order valence-corrected chi connectivity index (χ0v) is 20.7. The number of benzene rings is 1. The van der Waals surface area contributed by atoms with E-state index in [0.29, 0.717) is 34.5 Å². The second kappa shape index (κ2) is 12.8. The van der Waals surface area contributed by atoms with Crippen LogP contribution >= 0.6 is 34.5 Å². The Balaban J connectivity index is 1.98. The monoisotopic (exact) mass is 498 g/mol. The van der Waals surface area contributed by atoms with Crippen LogP contribution in [0.1, 0.15) is 49.7 Å². The predicted octanol–water partition coefficient (Wildman–Crippen LogP) is 4.65. The fourth-order valence-electron chi connectivity index (χ4n) is 2.88. The lowest BCUT2D eigenvalue weighted by atomic mass is 10.1. The Hall–Kier alpha value is -2.16. The number of halogens is 2. The van der Waals surface area contributed by atoms with E-state index in [0.717, 1.165) is 12.8 Å². The van der Waals surface area contributed by atoms with Crippen molar-refractivity contribution in [1.29, 1.82) is 0 Å². The Morgan fingerprint density at radius 1 is 1.16 bits per heavy atom. The molecule has 0 saturated carbocycles. The van der Waals surface area contributed by atoms with Crippen molar-refractivity contribution >= 4 is 57.4 Å². The topological polar surface area (TPSA) is 91.4 Å².